The average Bonchev–Trinajstić information content (AvgIpc) is 3.40. The SMILES string of the molecule is N#Cc1ccccc1N=Nc1sc(N)c(C#N)c1-c1ccc(Nc2nc(=NCCS(=O)(=O)O)[nH]c(=Nc3cc(S(=O)(=O)O)ccc3S(=O)(=O)O)[nH]2)cc1. The molecular weight excluding hydrogens is 775 g/mol. The number of nitrogen functional groups attached to an aromatic ring is 1. The number of nitrogens with zero attached hydrogens (tertiary/aromatic N) is 7. The number of nitriles is 2. The van der Waals surface area contributed by atoms with Crippen LogP contribution in [0.2, 0.25) is 0 Å². The lowest BCUT2D eigenvalue weighted by atomic mass is 10.0. The van der Waals surface area contributed by atoms with Gasteiger partial charge in [-0.05, 0) is 48.0 Å². The topological polar surface area (TPSA) is 343 Å². The largest absolute Gasteiger partial charge is 0.389 e. The Kier molecular flexibility index (Phi) is 11.0. The van der Waals surface area contributed by atoms with E-state index in [0.717, 1.165) is 17.4 Å². The lowest BCUT2D eigenvalue weighted by molar-refractivity contribution is 0.478. The quantitative estimate of drug-likeness (QED) is 0.0743. The molecule has 5 rings (SSSR count). The van der Waals surface area contributed by atoms with Crippen molar-refractivity contribution in [3.8, 4) is 23.3 Å². The lowest BCUT2D eigenvalue weighted by Gasteiger charge is -2.08. The van der Waals surface area contributed by atoms with E-state index in [2.05, 4.69) is 46.6 Å². The molecule has 0 aliphatic carbocycles. The van der Waals surface area contributed by atoms with Crippen molar-refractivity contribution in [1.82, 2.24) is 15.0 Å². The van der Waals surface area contributed by atoms with Crippen LogP contribution in [0.1, 0.15) is 11.1 Å². The molecule has 0 saturated heterocycles. The molecule has 0 radical (unpaired) electrons. The number of hydrogen-bond acceptors (Lipinski definition) is 16. The fraction of sp³-hybridized carbons (Fsp3) is 0.0690. The Morgan fingerprint density at radius 1 is 0.868 bits per heavy atom. The summed E-state index contributed by atoms with van der Waals surface area (Å²) in [5.41, 5.74) is 6.80. The maximum absolute atomic E-state index is 12.0. The minimum atomic E-state index is -4.97. The highest BCUT2D eigenvalue weighted by Gasteiger charge is 2.21. The second-order valence-electron chi connectivity index (χ2n) is 10.4. The number of aromatic nitrogens is 3. The molecule has 0 aliphatic heterocycles. The minimum Gasteiger partial charge on any atom is -0.389 e. The highest BCUT2D eigenvalue weighted by atomic mass is 32.2. The molecule has 2 heterocycles. The molecule has 2 aromatic heterocycles. The van der Waals surface area contributed by atoms with E-state index < -0.39 is 58.1 Å². The van der Waals surface area contributed by atoms with Crippen molar-refractivity contribution in [1.29, 1.82) is 10.5 Å². The molecule has 0 fully saturated rings. The summed E-state index contributed by atoms with van der Waals surface area (Å²) in [6.45, 7) is -0.485. The number of thiophene rings is 1. The second-order valence-corrected chi connectivity index (χ2v) is 15.8. The highest BCUT2D eigenvalue weighted by Crippen LogP contribution is 2.45. The maximum Gasteiger partial charge on any atom is 0.296 e. The van der Waals surface area contributed by atoms with Gasteiger partial charge in [0, 0.05) is 11.3 Å². The molecule has 5 aromatic rings. The van der Waals surface area contributed by atoms with Crippen LogP contribution in [0.15, 0.2) is 96.7 Å². The summed E-state index contributed by atoms with van der Waals surface area (Å²) in [5.74, 6) is -0.922. The fourth-order valence-corrected chi connectivity index (χ4v) is 6.74. The highest BCUT2D eigenvalue weighted by molar-refractivity contribution is 7.86. The number of azo groups is 1. The predicted molar refractivity (Wildman–Crippen MR) is 189 cm³/mol. The molecule has 3 aromatic carbocycles. The summed E-state index contributed by atoms with van der Waals surface area (Å²) in [7, 11) is -14.2. The molecule has 0 unspecified atom stereocenters. The van der Waals surface area contributed by atoms with Crippen LogP contribution in [-0.2, 0) is 30.4 Å². The first kappa shape index (κ1) is 38.1. The van der Waals surface area contributed by atoms with Crippen molar-refractivity contribution in [2.24, 2.45) is 20.2 Å². The minimum absolute atomic E-state index is 0.136. The zero-order valence-corrected chi connectivity index (χ0v) is 29.7. The number of anilines is 3. The van der Waals surface area contributed by atoms with Crippen molar-refractivity contribution in [3.63, 3.8) is 0 Å². The Bertz CT molecular complexity index is 2830. The van der Waals surface area contributed by atoms with Crippen molar-refractivity contribution in [2.75, 3.05) is 23.3 Å². The van der Waals surface area contributed by atoms with Crippen molar-refractivity contribution in [3.05, 3.63) is 89.1 Å². The zero-order valence-electron chi connectivity index (χ0n) is 26.4. The van der Waals surface area contributed by atoms with Crippen molar-refractivity contribution in [2.45, 2.75) is 9.79 Å². The molecule has 272 valence electrons. The van der Waals surface area contributed by atoms with E-state index in [-0.39, 0.29) is 33.3 Å². The van der Waals surface area contributed by atoms with Gasteiger partial charge in [-0.1, -0.05) is 35.6 Å². The van der Waals surface area contributed by atoms with E-state index in [9.17, 15) is 44.9 Å². The molecule has 53 heavy (non-hydrogen) atoms. The molecule has 24 heteroatoms. The summed E-state index contributed by atoms with van der Waals surface area (Å²) in [6.07, 6.45) is 0. The lowest BCUT2D eigenvalue weighted by Crippen LogP contribution is -2.29. The monoisotopic (exact) mass is 797 g/mol. The van der Waals surface area contributed by atoms with Gasteiger partial charge in [0.2, 0.25) is 17.2 Å². The Morgan fingerprint density at radius 2 is 1.58 bits per heavy atom. The summed E-state index contributed by atoms with van der Waals surface area (Å²) in [4.78, 5) is 15.8. The van der Waals surface area contributed by atoms with E-state index in [4.69, 9.17) is 10.3 Å². The van der Waals surface area contributed by atoms with Gasteiger partial charge in [-0.3, -0.25) is 23.6 Å². The number of H-pyrrole nitrogens is 2. The number of nitrogens with two attached hydrogens (primary N) is 1. The van der Waals surface area contributed by atoms with E-state index in [1.54, 1.807) is 48.5 Å². The number of rotatable bonds is 11. The third kappa shape index (κ3) is 9.61. The van der Waals surface area contributed by atoms with Gasteiger partial charge in [0.25, 0.3) is 30.4 Å². The van der Waals surface area contributed by atoms with Gasteiger partial charge in [-0.2, -0.15) is 40.8 Å². The molecule has 0 bridgehead atoms. The van der Waals surface area contributed by atoms with Gasteiger partial charge >= 0.3 is 0 Å². The molecule has 0 amide bonds. The average molecular weight is 798 g/mol. The Hall–Kier alpha value is -6.12. The first-order chi connectivity index (χ1) is 24.9. The normalized spacial score (nSPS) is 12.8. The first-order valence-electron chi connectivity index (χ1n) is 14.4. The van der Waals surface area contributed by atoms with E-state index >= 15 is 0 Å². The third-order valence-corrected chi connectivity index (χ3v) is 10.1. The van der Waals surface area contributed by atoms with Crippen LogP contribution in [0.3, 0.4) is 0 Å². The number of aromatic amines is 2. The van der Waals surface area contributed by atoms with Gasteiger partial charge in [0.05, 0.1) is 34.0 Å². The van der Waals surface area contributed by atoms with Gasteiger partial charge in [-0.25, -0.2) is 9.98 Å². The molecule has 0 saturated carbocycles. The maximum atomic E-state index is 12.0. The van der Waals surface area contributed by atoms with Crippen LogP contribution in [0.5, 0.6) is 0 Å². The zero-order chi connectivity index (χ0) is 38.6. The summed E-state index contributed by atoms with van der Waals surface area (Å²) >= 11 is 1.02. The smallest absolute Gasteiger partial charge is 0.296 e. The van der Waals surface area contributed by atoms with Crippen LogP contribution in [0.25, 0.3) is 11.1 Å². The molecule has 8 N–H and O–H groups in total. The summed E-state index contributed by atoms with van der Waals surface area (Å²) in [6, 6.07) is 19.1. The number of hydrogen-bond donors (Lipinski definition) is 7. The van der Waals surface area contributed by atoms with Gasteiger partial charge < -0.3 is 11.1 Å². The van der Waals surface area contributed by atoms with E-state index in [1.165, 1.54) is 0 Å². The van der Waals surface area contributed by atoms with Gasteiger partial charge in [-0.15, -0.1) is 10.2 Å². The summed E-state index contributed by atoms with van der Waals surface area (Å²) < 4.78 is 98.3. The number of nitrogens with one attached hydrogen (secondary N) is 3. The third-order valence-electron chi connectivity index (χ3n) is 6.77. The molecule has 0 atom stereocenters. The molecule has 0 spiro atoms. The predicted octanol–water partition coefficient (Wildman–Crippen LogP) is 3.47. The Labute approximate surface area is 303 Å². The van der Waals surface area contributed by atoms with Gasteiger partial charge in [0.1, 0.15) is 32.7 Å². The second kappa shape index (κ2) is 15.2. The Balaban J connectivity index is 1.56. The van der Waals surface area contributed by atoms with Gasteiger partial charge in [0.15, 0.2) is 0 Å². The van der Waals surface area contributed by atoms with Crippen LogP contribution < -0.4 is 22.3 Å². The first-order valence-corrected chi connectivity index (χ1v) is 19.7. The van der Waals surface area contributed by atoms with E-state index in [0.29, 0.717) is 39.6 Å². The van der Waals surface area contributed by atoms with E-state index in [1.807, 2.05) is 6.07 Å². The summed E-state index contributed by atoms with van der Waals surface area (Å²) in [5, 5.41) is 31.1. The van der Waals surface area contributed by atoms with Crippen LogP contribution >= 0.6 is 11.3 Å². The molecule has 20 nitrogen and oxygen atoms in total. The molecular formula is C29H23N11O9S4. The fourth-order valence-electron chi connectivity index (χ4n) is 4.45. The van der Waals surface area contributed by atoms with Crippen LogP contribution in [0.4, 0.5) is 33.0 Å². The van der Waals surface area contributed by atoms with Crippen LogP contribution in [0, 0.1) is 22.7 Å². The van der Waals surface area contributed by atoms with Crippen molar-refractivity contribution >= 4 is 74.7 Å². The van der Waals surface area contributed by atoms with Crippen molar-refractivity contribution < 1.29 is 38.9 Å². The Morgan fingerprint density at radius 3 is 2.23 bits per heavy atom. The standard InChI is InChI=1S/C29H23N11O9S4/c30-14-17-3-1-2-4-21(17)39-40-26-24(20(15-31)25(32)50-26)16-5-7-18(8-6-16)34-28-36-27(33-11-12-51(41,42)43)37-29(38-28)35-22-13-19(52(44,45)46)9-10-23(22)53(47,48)49/h1-10,13H,11-12,32H2,(H,41,42,43)(H,44,45,46)(H,47,48,49)(H3,33,34,35,36,37,38). The molecule has 0 aliphatic rings. The number of benzene rings is 3. The van der Waals surface area contributed by atoms with Crippen LogP contribution in [-0.4, -0.2) is 66.2 Å².